The van der Waals surface area contributed by atoms with Crippen LogP contribution in [0.1, 0.15) is 19.3 Å². The van der Waals surface area contributed by atoms with Gasteiger partial charge >= 0.3 is 6.61 Å². The lowest BCUT2D eigenvalue weighted by atomic mass is 9.99. The molecular formula is C20H31F2IN4O2S. The van der Waals surface area contributed by atoms with E-state index in [1.807, 2.05) is 23.9 Å². The van der Waals surface area contributed by atoms with Gasteiger partial charge in [0.05, 0.1) is 5.69 Å². The van der Waals surface area contributed by atoms with Crippen molar-refractivity contribution in [2.75, 3.05) is 51.1 Å². The van der Waals surface area contributed by atoms with Gasteiger partial charge in [0, 0.05) is 50.7 Å². The Balaban J connectivity index is 0.00000320. The maximum Gasteiger partial charge on any atom is 0.387 e. The van der Waals surface area contributed by atoms with E-state index in [0.717, 1.165) is 51.5 Å². The molecule has 0 radical (unpaired) electrons. The van der Waals surface area contributed by atoms with Crippen molar-refractivity contribution in [1.29, 1.82) is 0 Å². The van der Waals surface area contributed by atoms with Gasteiger partial charge in [-0.2, -0.15) is 20.5 Å². The molecule has 0 amide bonds. The molecule has 1 aromatic carbocycles. The lowest BCUT2D eigenvalue weighted by Gasteiger charge is -2.36. The highest BCUT2D eigenvalue weighted by Gasteiger charge is 2.32. The molecule has 1 aromatic rings. The number of ether oxygens (including phenoxy) is 2. The quantitative estimate of drug-likeness (QED) is 0.305. The van der Waals surface area contributed by atoms with Gasteiger partial charge in [-0.3, -0.25) is 4.99 Å². The Morgan fingerprint density at radius 1 is 1.37 bits per heavy atom. The van der Waals surface area contributed by atoms with Crippen LogP contribution in [-0.2, 0) is 4.74 Å². The molecule has 2 N–H and O–H groups in total. The van der Waals surface area contributed by atoms with Crippen LogP contribution < -0.4 is 20.3 Å². The Morgan fingerprint density at radius 3 is 2.77 bits per heavy atom. The molecule has 2 fully saturated rings. The highest BCUT2D eigenvalue weighted by Crippen LogP contribution is 2.33. The van der Waals surface area contributed by atoms with E-state index in [1.165, 1.54) is 0 Å². The molecule has 2 heterocycles. The number of anilines is 1. The van der Waals surface area contributed by atoms with E-state index in [4.69, 9.17) is 4.74 Å². The number of halogens is 3. The number of guanidine groups is 1. The van der Waals surface area contributed by atoms with Gasteiger partial charge in [-0.15, -0.1) is 24.0 Å². The maximum atomic E-state index is 12.7. The topological polar surface area (TPSA) is 58.1 Å². The number of para-hydroxylation sites is 2. The van der Waals surface area contributed by atoms with E-state index in [1.54, 1.807) is 19.2 Å². The predicted octanol–water partition coefficient (Wildman–Crippen LogP) is 3.56. The maximum absolute atomic E-state index is 12.7. The van der Waals surface area contributed by atoms with Crippen molar-refractivity contribution in [3.63, 3.8) is 0 Å². The Morgan fingerprint density at radius 2 is 2.10 bits per heavy atom. The van der Waals surface area contributed by atoms with E-state index in [9.17, 15) is 8.78 Å². The predicted molar refractivity (Wildman–Crippen MR) is 130 cm³/mol. The first-order chi connectivity index (χ1) is 14.0. The van der Waals surface area contributed by atoms with Gasteiger partial charge in [0.2, 0.25) is 0 Å². The molecule has 2 aliphatic heterocycles. The van der Waals surface area contributed by atoms with Gasteiger partial charge in [-0.05, 0) is 37.7 Å². The first-order valence-electron chi connectivity index (χ1n) is 9.94. The third-order valence-corrected chi connectivity index (χ3v) is 7.01. The first kappa shape index (κ1) is 25.3. The first-order valence-corrected chi connectivity index (χ1v) is 11.2. The summed E-state index contributed by atoms with van der Waals surface area (Å²) in [6.07, 6.45) is 5.09. The highest BCUT2D eigenvalue weighted by atomic mass is 127. The van der Waals surface area contributed by atoms with Crippen molar-refractivity contribution in [2.24, 2.45) is 4.99 Å². The lowest BCUT2D eigenvalue weighted by Crippen LogP contribution is -2.50. The number of nitrogens with zero attached hydrogens (tertiary/aromatic N) is 2. The fourth-order valence-corrected chi connectivity index (χ4v) is 4.63. The molecule has 0 aliphatic carbocycles. The smallest absolute Gasteiger partial charge is 0.387 e. The SMILES string of the molecule is CN=C(NCC1(SC)CCOCC1)NC1CCN(c2ccccc2OC(F)F)C1.I. The van der Waals surface area contributed by atoms with Gasteiger partial charge in [0.25, 0.3) is 0 Å². The van der Waals surface area contributed by atoms with Crippen LogP contribution in [0.3, 0.4) is 0 Å². The average Bonchev–Trinajstić information content (AvgIpc) is 3.20. The molecule has 3 rings (SSSR count). The Hall–Kier alpha value is -1.01. The molecule has 170 valence electrons. The fraction of sp³-hybridized carbons (Fsp3) is 0.650. The number of rotatable bonds is 7. The number of nitrogens with one attached hydrogen (secondary N) is 2. The second-order valence-electron chi connectivity index (χ2n) is 7.35. The average molecular weight is 556 g/mol. The van der Waals surface area contributed by atoms with Crippen LogP contribution in [0.4, 0.5) is 14.5 Å². The lowest BCUT2D eigenvalue weighted by molar-refractivity contribution is -0.0495. The number of aliphatic imine (C=N–C) groups is 1. The summed E-state index contributed by atoms with van der Waals surface area (Å²) in [5, 5.41) is 6.94. The van der Waals surface area contributed by atoms with E-state index in [2.05, 4.69) is 31.5 Å². The standard InChI is InChI=1S/C20H30F2N4O2S.HI/c1-23-19(24-14-20(29-2)8-11-27-12-9-20)25-15-7-10-26(13-15)16-5-3-4-6-17(16)28-18(21)22;/h3-6,15,18H,7-14H2,1-2H3,(H2,23,24,25);1H. The number of thioether (sulfide) groups is 1. The zero-order valence-corrected chi connectivity index (χ0v) is 20.6. The molecular weight excluding hydrogens is 525 g/mol. The summed E-state index contributed by atoms with van der Waals surface area (Å²) in [5.74, 6) is 0.987. The number of alkyl halides is 2. The number of hydrogen-bond acceptors (Lipinski definition) is 5. The molecule has 0 bridgehead atoms. The van der Waals surface area contributed by atoms with Crippen LogP contribution in [0, 0.1) is 0 Å². The number of hydrogen-bond donors (Lipinski definition) is 2. The van der Waals surface area contributed by atoms with Crippen molar-refractivity contribution < 1.29 is 18.3 Å². The minimum Gasteiger partial charge on any atom is -0.433 e. The zero-order valence-electron chi connectivity index (χ0n) is 17.4. The Bertz CT molecular complexity index is 693. The molecule has 1 atom stereocenters. The fourth-order valence-electron chi connectivity index (χ4n) is 3.84. The summed E-state index contributed by atoms with van der Waals surface area (Å²) >= 11 is 1.88. The normalized spacial score (nSPS) is 21.3. The second-order valence-corrected chi connectivity index (χ2v) is 8.62. The summed E-state index contributed by atoms with van der Waals surface area (Å²) in [7, 11) is 1.77. The third-order valence-electron chi connectivity index (χ3n) is 5.59. The summed E-state index contributed by atoms with van der Waals surface area (Å²) in [6.45, 7) is 1.07. The molecule has 1 unspecified atom stereocenters. The molecule has 0 spiro atoms. The van der Waals surface area contributed by atoms with E-state index in [-0.39, 0.29) is 40.5 Å². The largest absolute Gasteiger partial charge is 0.433 e. The van der Waals surface area contributed by atoms with Crippen LogP contribution in [0.2, 0.25) is 0 Å². The minimum absolute atomic E-state index is 0. The summed E-state index contributed by atoms with van der Waals surface area (Å²) in [5.41, 5.74) is 0.698. The van der Waals surface area contributed by atoms with Gasteiger partial charge in [-0.25, -0.2) is 0 Å². The molecule has 0 saturated carbocycles. The van der Waals surface area contributed by atoms with Crippen molar-refractivity contribution in [3.8, 4) is 5.75 Å². The molecule has 10 heteroatoms. The molecule has 0 aromatic heterocycles. The zero-order chi connectivity index (χ0) is 20.7. The summed E-state index contributed by atoms with van der Waals surface area (Å²) in [4.78, 5) is 6.44. The van der Waals surface area contributed by atoms with E-state index in [0.29, 0.717) is 12.2 Å². The van der Waals surface area contributed by atoms with Crippen LogP contribution >= 0.6 is 35.7 Å². The van der Waals surface area contributed by atoms with Crippen LogP contribution in [0.5, 0.6) is 5.75 Å². The monoisotopic (exact) mass is 556 g/mol. The Labute approximate surface area is 198 Å². The number of benzene rings is 1. The van der Waals surface area contributed by atoms with Crippen molar-refractivity contribution in [1.82, 2.24) is 10.6 Å². The van der Waals surface area contributed by atoms with Crippen LogP contribution in [-0.4, -0.2) is 69.5 Å². The second kappa shape index (κ2) is 12.1. The molecule has 2 aliphatic rings. The summed E-state index contributed by atoms with van der Waals surface area (Å²) in [6, 6.07) is 7.13. The van der Waals surface area contributed by atoms with Crippen LogP contribution in [0.15, 0.2) is 29.3 Å². The van der Waals surface area contributed by atoms with Crippen molar-refractivity contribution >= 4 is 47.4 Å². The van der Waals surface area contributed by atoms with Gasteiger partial charge in [0.1, 0.15) is 5.75 Å². The van der Waals surface area contributed by atoms with Gasteiger partial charge in [0.15, 0.2) is 5.96 Å². The Kier molecular flexibility index (Phi) is 10.2. The minimum atomic E-state index is -2.83. The molecule has 2 saturated heterocycles. The highest BCUT2D eigenvalue weighted by molar-refractivity contribution is 14.0. The molecule has 6 nitrogen and oxygen atoms in total. The van der Waals surface area contributed by atoms with E-state index >= 15 is 0 Å². The van der Waals surface area contributed by atoms with Gasteiger partial charge in [-0.1, -0.05) is 12.1 Å². The van der Waals surface area contributed by atoms with Crippen molar-refractivity contribution in [2.45, 2.75) is 36.7 Å². The summed E-state index contributed by atoms with van der Waals surface area (Å²) < 4.78 is 35.7. The van der Waals surface area contributed by atoms with Crippen LogP contribution in [0.25, 0.3) is 0 Å². The van der Waals surface area contributed by atoms with Gasteiger partial charge < -0.3 is 25.0 Å². The molecule has 30 heavy (non-hydrogen) atoms. The van der Waals surface area contributed by atoms with Crippen molar-refractivity contribution in [3.05, 3.63) is 24.3 Å². The third kappa shape index (κ3) is 6.74. The van der Waals surface area contributed by atoms with E-state index < -0.39 is 6.61 Å².